The average Bonchev–Trinajstić information content (AvgIpc) is 3.00. The molecule has 2 aliphatic carbocycles. The molecular weight excluding hydrogens is 482 g/mol. The molecule has 0 saturated carbocycles. The molecule has 0 atom stereocenters. The summed E-state index contributed by atoms with van der Waals surface area (Å²) in [6.07, 6.45) is 35.9. The second-order valence-corrected chi connectivity index (χ2v) is 10.4. The molecule has 0 spiro atoms. The van der Waals surface area contributed by atoms with Crippen molar-refractivity contribution in [2.45, 2.75) is 59.3 Å². The van der Waals surface area contributed by atoms with Crippen LogP contribution >= 0.6 is 0 Å². The van der Waals surface area contributed by atoms with Crippen LogP contribution in [0.1, 0.15) is 59.3 Å². The highest BCUT2D eigenvalue weighted by Gasteiger charge is 2.11. The summed E-state index contributed by atoms with van der Waals surface area (Å²) in [6.45, 7) is 6.53. The van der Waals surface area contributed by atoms with Crippen LogP contribution in [0.3, 0.4) is 0 Å². The van der Waals surface area contributed by atoms with Crippen molar-refractivity contribution in [1.82, 2.24) is 0 Å². The van der Waals surface area contributed by atoms with E-state index in [4.69, 9.17) is 0 Å². The fourth-order valence-corrected chi connectivity index (χ4v) is 4.89. The molecule has 2 aromatic rings. The first-order chi connectivity index (χ1) is 19.7. The Balaban J connectivity index is 1.75. The Kier molecular flexibility index (Phi) is 11.2. The van der Waals surface area contributed by atoms with Gasteiger partial charge in [-0.25, -0.2) is 0 Å². The van der Waals surface area contributed by atoms with Gasteiger partial charge >= 0.3 is 0 Å². The van der Waals surface area contributed by atoms with E-state index >= 15 is 0 Å². The van der Waals surface area contributed by atoms with Crippen LogP contribution < -0.4 is 4.90 Å². The molecule has 0 heterocycles. The van der Waals surface area contributed by atoms with E-state index in [0.717, 1.165) is 44.2 Å². The molecule has 0 aliphatic heterocycles. The van der Waals surface area contributed by atoms with Gasteiger partial charge in [-0.2, -0.15) is 0 Å². The summed E-state index contributed by atoms with van der Waals surface area (Å²) in [6, 6.07) is 19.5. The van der Waals surface area contributed by atoms with Crippen LogP contribution in [-0.4, -0.2) is 0 Å². The van der Waals surface area contributed by atoms with Gasteiger partial charge in [0.2, 0.25) is 0 Å². The van der Waals surface area contributed by atoms with Crippen molar-refractivity contribution in [2.75, 3.05) is 4.90 Å². The molecule has 40 heavy (non-hydrogen) atoms. The topological polar surface area (TPSA) is 3.24 Å². The molecule has 204 valence electrons. The van der Waals surface area contributed by atoms with Crippen molar-refractivity contribution in [3.63, 3.8) is 0 Å². The molecule has 0 unspecified atom stereocenters. The molecule has 0 bridgehead atoms. The Hall–Kier alpha value is -4.10. The molecule has 0 radical (unpaired) electrons. The third kappa shape index (κ3) is 8.45. The lowest BCUT2D eigenvalue weighted by molar-refractivity contribution is 0.923. The minimum atomic E-state index is 1.06. The molecule has 2 aliphatic rings. The molecule has 4 rings (SSSR count). The third-order valence-corrected chi connectivity index (χ3v) is 7.18. The van der Waals surface area contributed by atoms with Crippen LogP contribution in [-0.2, 0) is 0 Å². The lowest BCUT2D eigenvalue weighted by Crippen LogP contribution is -2.14. The molecule has 0 fully saturated rings. The molecule has 2 aromatic carbocycles. The number of benzene rings is 2. The van der Waals surface area contributed by atoms with E-state index < -0.39 is 0 Å². The molecule has 0 aromatic heterocycles. The maximum Gasteiger partial charge on any atom is 0.0455 e. The standard InChI is InChI=1S/C39H43N/c1-4-6-9-21-39(31-33-24-22-32(3)23-25-33)40(30-14-20-34(15-5-2)35-16-10-7-11-17-35)38-28-26-37(27-29-38)36-18-12-8-13-19-36/h5,8-10,12-22,24,26-31H,4,6-7,11,23,25H2,1-3H3/b15-5-,21-9-,30-14+,34-20+,39-31-. The van der Waals surface area contributed by atoms with Crippen molar-refractivity contribution in [2.24, 2.45) is 0 Å². The van der Waals surface area contributed by atoms with Gasteiger partial charge in [-0.1, -0.05) is 116 Å². The van der Waals surface area contributed by atoms with Gasteiger partial charge in [0, 0.05) is 17.6 Å². The number of nitrogens with zero attached hydrogens (tertiary/aromatic N) is 1. The molecule has 1 heteroatoms. The number of rotatable bonds is 11. The summed E-state index contributed by atoms with van der Waals surface area (Å²) in [7, 11) is 0. The first-order valence-corrected chi connectivity index (χ1v) is 14.8. The summed E-state index contributed by atoms with van der Waals surface area (Å²) in [5.74, 6) is 0. The number of allylic oxidation sites excluding steroid dienone is 16. The number of hydrogen-bond acceptors (Lipinski definition) is 1. The highest BCUT2D eigenvalue weighted by Crippen LogP contribution is 2.29. The summed E-state index contributed by atoms with van der Waals surface area (Å²) >= 11 is 0. The minimum Gasteiger partial charge on any atom is -0.317 e. The second kappa shape index (κ2) is 15.5. The molecule has 1 nitrogen and oxygen atoms in total. The van der Waals surface area contributed by atoms with Crippen molar-refractivity contribution in [3.05, 3.63) is 162 Å². The number of unbranched alkanes of at least 4 members (excludes halogenated alkanes) is 1. The van der Waals surface area contributed by atoms with E-state index in [9.17, 15) is 0 Å². The van der Waals surface area contributed by atoms with E-state index in [-0.39, 0.29) is 0 Å². The van der Waals surface area contributed by atoms with Crippen molar-refractivity contribution < 1.29 is 0 Å². The van der Waals surface area contributed by atoms with Crippen LogP contribution in [0.2, 0.25) is 0 Å². The largest absolute Gasteiger partial charge is 0.317 e. The van der Waals surface area contributed by atoms with Crippen LogP contribution in [0.4, 0.5) is 5.69 Å². The zero-order valence-corrected chi connectivity index (χ0v) is 24.4. The van der Waals surface area contributed by atoms with Gasteiger partial charge in [0.05, 0.1) is 0 Å². The van der Waals surface area contributed by atoms with Crippen LogP contribution in [0.25, 0.3) is 11.1 Å². The van der Waals surface area contributed by atoms with E-state index in [1.807, 2.05) is 0 Å². The van der Waals surface area contributed by atoms with Crippen molar-refractivity contribution >= 4 is 5.69 Å². The van der Waals surface area contributed by atoms with Gasteiger partial charge in [0.15, 0.2) is 0 Å². The highest BCUT2D eigenvalue weighted by atomic mass is 15.1. The Morgan fingerprint density at radius 3 is 2.38 bits per heavy atom. The summed E-state index contributed by atoms with van der Waals surface area (Å²) in [5, 5.41) is 0. The second-order valence-electron chi connectivity index (χ2n) is 10.4. The van der Waals surface area contributed by atoms with E-state index in [2.05, 4.69) is 159 Å². The van der Waals surface area contributed by atoms with Crippen LogP contribution in [0.5, 0.6) is 0 Å². The van der Waals surface area contributed by atoms with E-state index in [1.54, 1.807) is 0 Å². The zero-order chi connectivity index (χ0) is 28.0. The maximum absolute atomic E-state index is 2.35. The average molecular weight is 526 g/mol. The van der Waals surface area contributed by atoms with Crippen molar-refractivity contribution in [3.8, 4) is 11.1 Å². The minimum absolute atomic E-state index is 1.06. The zero-order valence-electron chi connectivity index (χ0n) is 24.4. The molecule has 0 N–H and O–H groups in total. The number of hydrogen-bond donors (Lipinski definition) is 0. The van der Waals surface area contributed by atoms with Gasteiger partial charge in [0.1, 0.15) is 0 Å². The summed E-state index contributed by atoms with van der Waals surface area (Å²) < 4.78 is 0. The third-order valence-electron chi connectivity index (χ3n) is 7.18. The Labute approximate surface area is 242 Å². The van der Waals surface area contributed by atoms with Gasteiger partial charge < -0.3 is 4.90 Å². The predicted octanol–water partition coefficient (Wildman–Crippen LogP) is 11.4. The van der Waals surface area contributed by atoms with Crippen LogP contribution in [0.15, 0.2) is 162 Å². The monoisotopic (exact) mass is 525 g/mol. The van der Waals surface area contributed by atoms with Crippen molar-refractivity contribution in [1.29, 1.82) is 0 Å². The van der Waals surface area contributed by atoms with Gasteiger partial charge in [-0.3, -0.25) is 0 Å². The van der Waals surface area contributed by atoms with E-state index in [1.165, 1.54) is 39.1 Å². The Morgan fingerprint density at radius 2 is 1.70 bits per heavy atom. The summed E-state index contributed by atoms with van der Waals surface area (Å²) in [4.78, 5) is 2.32. The first kappa shape index (κ1) is 28.9. The highest BCUT2D eigenvalue weighted by molar-refractivity contribution is 5.68. The fourth-order valence-electron chi connectivity index (χ4n) is 4.89. The lowest BCUT2D eigenvalue weighted by Gasteiger charge is -2.23. The normalized spacial score (nSPS) is 16.5. The summed E-state index contributed by atoms with van der Waals surface area (Å²) in [5.41, 5.74) is 10.1. The maximum atomic E-state index is 2.35. The quantitative estimate of drug-likeness (QED) is 0.264. The SMILES string of the molecule is C\C=C/C(=C\C=C\N(C(/C=C\CCC)=C\C1=CC=C(C)CC1)c1ccc(-c2ccccc2)cc1)C1=CCCC=C1. The molecule has 0 amide bonds. The molecule has 0 saturated heterocycles. The van der Waals surface area contributed by atoms with Crippen LogP contribution in [0, 0.1) is 0 Å². The predicted molar refractivity (Wildman–Crippen MR) is 176 cm³/mol. The Morgan fingerprint density at radius 1 is 0.900 bits per heavy atom. The lowest BCUT2D eigenvalue weighted by atomic mass is 9.98. The van der Waals surface area contributed by atoms with E-state index in [0.29, 0.717) is 0 Å². The molecular formula is C39H43N. The van der Waals surface area contributed by atoms with Gasteiger partial charge in [-0.15, -0.1) is 0 Å². The smallest absolute Gasteiger partial charge is 0.0455 e. The fraction of sp³-hybridized carbons (Fsp3) is 0.231. The first-order valence-electron chi connectivity index (χ1n) is 14.8. The van der Waals surface area contributed by atoms with Gasteiger partial charge in [-0.05, 0) is 104 Å². The Bertz CT molecular complexity index is 1380. The van der Waals surface area contributed by atoms with Gasteiger partial charge in [0.25, 0.3) is 0 Å². The number of anilines is 1.